The van der Waals surface area contributed by atoms with Crippen molar-refractivity contribution in [2.45, 2.75) is 58.0 Å². The maximum absolute atomic E-state index is 12.5. The average molecular weight is 427 g/mol. The van der Waals surface area contributed by atoms with E-state index in [9.17, 15) is 18.0 Å². The molecule has 0 aliphatic carbocycles. The fourth-order valence-electron chi connectivity index (χ4n) is 2.50. The Hall–Kier alpha value is -1.97. The van der Waals surface area contributed by atoms with E-state index in [1.807, 2.05) is 27.7 Å². The molecule has 0 radical (unpaired) electrons. The standard InChI is InChI=1S/C20H34N4O4S/c1-8-24(14-19(26)22-20(4,5)6)13-18(25)21-16-9-11-17(12-10-16)29(27,28)23(7)15(2)3/h9-12,15H,8,13-14H2,1-7H3,(H,21,25)(H,22,26). The molecule has 0 aromatic heterocycles. The van der Waals surface area contributed by atoms with Gasteiger partial charge in [0.25, 0.3) is 0 Å². The van der Waals surface area contributed by atoms with Crippen molar-refractivity contribution in [2.75, 3.05) is 32.0 Å². The number of carbonyl (C=O) groups excluding carboxylic acids is 2. The van der Waals surface area contributed by atoms with Crippen LogP contribution in [-0.4, -0.2) is 67.7 Å². The lowest BCUT2D eigenvalue weighted by atomic mass is 10.1. The number of likely N-dealkylation sites (N-methyl/N-ethyl adjacent to an activating group) is 1. The summed E-state index contributed by atoms with van der Waals surface area (Å²) in [5, 5.41) is 5.61. The summed E-state index contributed by atoms with van der Waals surface area (Å²) in [6.45, 7) is 11.9. The molecule has 0 atom stereocenters. The van der Waals surface area contributed by atoms with E-state index in [0.717, 1.165) is 0 Å². The molecular weight excluding hydrogens is 392 g/mol. The molecule has 0 saturated carbocycles. The molecule has 2 N–H and O–H groups in total. The second-order valence-corrected chi connectivity index (χ2v) is 10.3. The molecule has 29 heavy (non-hydrogen) atoms. The van der Waals surface area contributed by atoms with E-state index in [1.165, 1.54) is 23.5 Å². The first-order valence-electron chi connectivity index (χ1n) is 9.67. The maximum Gasteiger partial charge on any atom is 0.243 e. The molecule has 0 bridgehead atoms. The molecule has 0 heterocycles. The predicted octanol–water partition coefficient (Wildman–Crippen LogP) is 1.89. The van der Waals surface area contributed by atoms with Gasteiger partial charge in [-0.15, -0.1) is 0 Å². The molecule has 1 rings (SSSR count). The largest absolute Gasteiger partial charge is 0.350 e. The Morgan fingerprint density at radius 2 is 1.55 bits per heavy atom. The van der Waals surface area contributed by atoms with Crippen LogP contribution in [0.2, 0.25) is 0 Å². The van der Waals surface area contributed by atoms with Crippen molar-refractivity contribution >= 4 is 27.5 Å². The van der Waals surface area contributed by atoms with E-state index in [-0.39, 0.29) is 41.4 Å². The van der Waals surface area contributed by atoms with Crippen molar-refractivity contribution < 1.29 is 18.0 Å². The van der Waals surface area contributed by atoms with Crippen molar-refractivity contribution in [1.29, 1.82) is 0 Å². The van der Waals surface area contributed by atoms with Crippen LogP contribution in [-0.2, 0) is 19.6 Å². The zero-order chi connectivity index (χ0) is 22.4. The van der Waals surface area contributed by atoms with E-state index in [4.69, 9.17) is 0 Å². The molecule has 8 nitrogen and oxygen atoms in total. The number of carbonyl (C=O) groups is 2. The Labute approximate surface area is 174 Å². The first-order chi connectivity index (χ1) is 13.3. The van der Waals surface area contributed by atoms with E-state index in [0.29, 0.717) is 12.2 Å². The molecule has 0 aliphatic rings. The number of hydrogen-bond acceptors (Lipinski definition) is 5. The van der Waals surface area contributed by atoms with Crippen LogP contribution in [0.15, 0.2) is 29.2 Å². The monoisotopic (exact) mass is 426 g/mol. The zero-order valence-corrected chi connectivity index (χ0v) is 19.3. The number of sulfonamides is 1. The van der Waals surface area contributed by atoms with E-state index in [2.05, 4.69) is 10.6 Å². The van der Waals surface area contributed by atoms with Crippen LogP contribution in [0.3, 0.4) is 0 Å². The third-order valence-corrected chi connectivity index (χ3v) is 6.29. The van der Waals surface area contributed by atoms with Crippen LogP contribution in [0, 0.1) is 0 Å². The van der Waals surface area contributed by atoms with E-state index < -0.39 is 10.0 Å². The van der Waals surface area contributed by atoms with Gasteiger partial charge in [0.05, 0.1) is 18.0 Å². The molecule has 0 unspecified atom stereocenters. The Morgan fingerprint density at radius 3 is 2.00 bits per heavy atom. The highest BCUT2D eigenvalue weighted by Crippen LogP contribution is 2.19. The highest BCUT2D eigenvalue weighted by atomic mass is 32.2. The van der Waals surface area contributed by atoms with Crippen molar-refractivity contribution in [3.63, 3.8) is 0 Å². The first-order valence-corrected chi connectivity index (χ1v) is 11.1. The minimum atomic E-state index is -3.57. The van der Waals surface area contributed by atoms with Gasteiger partial charge in [-0.1, -0.05) is 6.92 Å². The summed E-state index contributed by atoms with van der Waals surface area (Å²) in [4.78, 5) is 26.3. The van der Waals surface area contributed by atoms with Crippen LogP contribution in [0.5, 0.6) is 0 Å². The lowest BCUT2D eigenvalue weighted by Gasteiger charge is -2.24. The Kier molecular flexibility index (Phi) is 8.80. The number of nitrogens with one attached hydrogen (secondary N) is 2. The third-order valence-electron chi connectivity index (χ3n) is 4.24. The van der Waals surface area contributed by atoms with Gasteiger partial charge in [0.1, 0.15) is 0 Å². The Balaban J connectivity index is 2.71. The second kappa shape index (κ2) is 10.2. The molecule has 0 aliphatic heterocycles. The quantitative estimate of drug-likeness (QED) is 0.628. The van der Waals surface area contributed by atoms with E-state index in [1.54, 1.807) is 30.9 Å². The van der Waals surface area contributed by atoms with Gasteiger partial charge in [0, 0.05) is 24.3 Å². The number of amides is 2. The van der Waals surface area contributed by atoms with Gasteiger partial charge < -0.3 is 10.6 Å². The van der Waals surface area contributed by atoms with Crippen LogP contribution in [0.25, 0.3) is 0 Å². The number of nitrogens with zero attached hydrogens (tertiary/aromatic N) is 2. The molecule has 0 saturated heterocycles. The summed E-state index contributed by atoms with van der Waals surface area (Å²) in [7, 11) is -2.03. The lowest BCUT2D eigenvalue weighted by Crippen LogP contribution is -2.47. The lowest BCUT2D eigenvalue weighted by molar-refractivity contribution is -0.124. The molecule has 164 valence electrons. The van der Waals surface area contributed by atoms with Gasteiger partial charge in [-0.05, 0) is 65.4 Å². The zero-order valence-electron chi connectivity index (χ0n) is 18.4. The van der Waals surface area contributed by atoms with Gasteiger partial charge in [-0.3, -0.25) is 14.5 Å². The maximum atomic E-state index is 12.5. The summed E-state index contributed by atoms with van der Waals surface area (Å²) < 4.78 is 26.3. The normalized spacial score (nSPS) is 12.5. The van der Waals surface area contributed by atoms with Gasteiger partial charge >= 0.3 is 0 Å². The van der Waals surface area contributed by atoms with Crippen molar-refractivity contribution in [2.24, 2.45) is 0 Å². The molecule has 1 aromatic carbocycles. The first kappa shape index (κ1) is 25.1. The van der Waals surface area contributed by atoms with Crippen LogP contribution >= 0.6 is 0 Å². The SMILES string of the molecule is CCN(CC(=O)Nc1ccc(S(=O)(=O)N(C)C(C)C)cc1)CC(=O)NC(C)(C)C. The van der Waals surface area contributed by atoms with Gasteiger partial charge in [-0.25, -0.2) is 8.42 Å². The molecule has 9 heteroatoms. The minimum Gasteiger partial charge on any atom is -0.350 e. The average Bonchev–Trinajstić information content (AvgIpc) is 2.59. The van der Waals surface area contributed by atoms with Gasteiger partial charge in [-0.2, -0.15) is 4.31 Å². The fraction of sp³-hybridized carbons (Fsp3) is 0.600. The molecule has 2 amide bonds. The van der Waals surface area contributed by atoms with Crippen LogP contribution in [0.1, 0.15) is 41.5 Å². The topological polar surface area (TPSA) is 98.8 Å². The third kappa shape index (κ3) is 8.12. The summed E-state index contributed by atoms with van der Waals surface area (Å²) in [6, 6.07) is 5.90. The predicted molar refractivity (Wildman–Crippen MR) is 115 cm³/mol. The van der Waals surface area contributed by atoms with E-state index >= 15 is 0 Å². The number of rotatable bonds is 9. The number of benzene rings is 1. The number of hydrogen-bond donors (Lipinski definition) is 2. The molecule has 1 aromatic rings. The molecule has 0 spiro atoms. The van der Waals surface area contributed by atoms with Crippen molar-refractivity contribution in [1.82, 2.24) is 14.5 Å². The van der Waals surface area contributed by atoms with Crippen molar-refractivity contribution in [3.8, 4) is 0 Å². The minimum absolute atomic E-state index is 0.0597. The summed E-state index contributed by atoms with van der Waals surface area (Å²) in [6.07, 6.45) is 0. The summed E-state index contributed by atoms with van der Waals surface area (Å²) >= 11 is 0. The van der Waals surface area contributed by atoms with Gasteiger partial charge in [0.15, 0.2) is 0 Å². The molecular formula is C20H34N4O4S. The van der Waals surface area contributed by atoms with Crippen LogP contribution in [0.4, 0.5) is 5.69 Å². The second-order valence-electron chi connectivity index (χ2n) is 8.29. The summed E-state index contributed by atoms with van der Waals surface area (Å²) in [5.74, 6) is -0.415. The molecule has 0 fully saturated rings. The van der Waals surface area contributed by atoms with Gasteiger partial charge in [0.2, 0.25) is 21.8 Å². The summed E-state index contributed by atoms with van der Waals surface area (Å²) in [5.41, 5.74) is 0.168. The number of anilines is 1. The highest BCUT2D eigenvalue weighted by molar-refractivity contribution is 7.89. The van der Waals surface area contributed by atoms with Crippen LogP contribution < -0.4 is 10.6 Å². The Morgan fingerprint density at radius 1 is 1.03 bits per heavy atom. The Bertz CT molecular complexity index is 799. The fourth-order valence-corrected chi connectivity index (χ4v) is 3.87. The highest BCUT2D eigenvalue weighted by Gasteiger charge is 2.23. The van der Waals surface area contributed by atoms with Crippen molar-refractivity contribution in [3.05, 3.63) is 24.3 Å². The smallest absolute Gasteiger partial charge is 0.243 e.